The summed E-state index contributed by atoms with van der Waals surface area (Å²) in [6.45, 7) is 3.92. The molecule has 0 unspecified atom stereocenters. The van der Waals surface area contributed by atoms with Crippen LogP contribution in [0.1, 0.15) is 5.69 Å². The van der Waals surface area contributed by atoms with Crippen LogP contribution in [-0.4, -0.2) is 45.5 Å². The number of morpholine rings is 1. The van der Waals surface area contributed by atoms with Crippen molar-refractivity contribution in [3.63, 3.8) is 0 Å². The number of non-ortho nitro benzene ring substituents is 1. The summed E-state index contributed by atoms with van der Waals surface area (Å²) in [4.78, 5) is 17.8. The lowest BCUT2D eigenvalue weighted by Crippen LogP contribution is -2.36. The lowest BCUT2D eigenvalue weighted by atomic mass is 10.1. The average Bonchev–Trinajstić information content (AvgIpc) is 3.01. The van der Waals surface area contributed by atoms with Crippen molar-refractivity contribution < 1.29 is 9.66 Å². The molecule has 1 aliphatic rings. The Morgan fingerprint density at radius 1 is 1.16 bits per heavy atom. The van der Waals surface area contributed by atoms with E-state index in [1.54, 1.807) is 12.1 Å². The van der Waals surface area contributed by atoms with E-state index in [9.17, 15) is 10.1 Å². The Morgan fingerprint density at radius 3 is 2.80 bits per heavy atom. The van der Waals surface area contributed by atoms with E-state index < -0.39 is 0 Å². The molecule has 0 aliphatic carbocycles. The van der Waals surface area contributed by atoms with E-state index in [1.165, 1.54) is 6.07 Å². The molecular weight excluding hydrogens is 320 g/mol. The molecule has 25 heavy (non-hydrogen) atoms. The SMILES string of the molecule is O=[N+]([O-])c1cccc(-c2nc3ccccn3c2CN2CCOCC2)c1. The number of ether oxygens (including phenoxy) is 1. The quantitative estimate of drug-likeness (QED) is 0.540. The number of nitro groups is 1. The third kappa shape index (κ3) is 3.11. The summed E-state index contributed by atoms with van der Waals surface area (Å²) in [5.41, 5.74) is 3.51. The summed E-state index contributed by atoms with van der Waals surface area (Å²) in [7, 11) is 0. The molecular formula is C18H18N4O3. The van der Waals surface area contributed by atoms with Gasteiger partial charge in [0.1, 0.15) is 5.65 Å². The summed E-state index contributed by atoms with van der Waals surface area (Å²) >= 11 is 0. The van der Waals surface area contributed by atoms with Crippen LogP contribution >= 0.6 is 0 Å². The highest BCUT2D eigenvalue weighted by atomic mass is 16.6. The monoisotopic (exact) mass is 338 g/mol. The second-order valence-corrected chi connectivity index (χ2v) is 6.03. The lowest BCUT2D eigenvalue weighted by molar-refractivity contribution is -0.384. The highest BCUT2D eigenvalue weighted by Crippen LogP contribution is 2.28. The van der Waals surface area contributed by atoms with Crippen LogP contribution in [0.4, 0.5) is 5.69 Å². The molecule has 7 nitrogen and oxygen atoms in total. The van der Waals surface area contributed by atoms with Crippen LogP contribution in [0.3, 0.4) is 0 Å². The summed E-state index contributed by atoms with van der Waals surface area (Å²) in [6.07, 6.45) is 1.99. The van der Waals surface area contributed by atoms with Gasteiger partial charge in [-0.05, 0) is 12.1 Å². The van der Waals surface area contributed by atoms with E-state index in [1.807, 2.05) is 30.5 Å². The predicted molar refractivity (Wildman–Crippen MR) is 93.4 cm³/mol. The average molecular weight is 338 g/mol. The predicted octanol–water partition coefficient (Wildman–Crippen LogP) is 2.74. The van der Waals surface area contributed by atoms with Crippen molar-refractivity contribution in [2.45, 2.75) is 6.54 Å². The third-order valence-corrected chi connectivity index (χ3v) is 4.44. The van der Waals surface area contributed by atoms with Crippen LogP contribution in [-0.2, 0) is 11.3 Å². The van der Waals surface area contributed by atoms with Crippen molar-refractivity contribution >= 4 is 11.3 Å². The molecule has 1 aromatic carbocycles. The van der Waals surface area contributed by atoms with Gasteiger partial charge in [0.05, 0.1) is 29.5 Å². The van der Waals surface area contributed by atoms with E-state index in [4.69, 9.17) is 9.72 Å². The number of hydrogen-bond donors (Lipinski definition) is 0. The Morgan fingerprint density at radius 2 is 2.00 bits per heavy atom. The fourth-order valence-corrected chi connectivity index (χ4v) is 3.17. The highest BCUT2D eigenvalue weighted by molar-refractivity contribution is 5.68. The fourth-order valence-electron chi connectivity index (χ4n) is 3.17. The van der Waals surface area contributed by atoms with Crippen molar-refractivity contribution in [1.82, 2.24) is 14.3 Å². The number of nitro benzene ring substituents is 1. The van der Waals surface area contributed by atoms with Crippen molar-refractivity contribution in [3.8, 4) is 11.3 Å². The topological polar surface area (TPSA) is 72.9 Å². The molecule has 4 rings (SSSR count). The van der Waals surface area contributed by atoms with E-state index in [-0.39, 0.29) is 10.6 Å². The van der Waals surface area contributed by atoms with Gasteiger partial charge in [0.15, 0.2) is 0 Å². The first-order valence-corrected chi connectivity index (χ1v) is 8.23. The minimum absolute atomic E-state index is 0.0758. The summed E-state index contributed by atoms with van der Waals surface area (Å²) in [6, 6.07) is 12.5. The highest BCUT2D eigenvalue weighted by Gasteiger charge is 2.19. The van der Waals surface area contributed by atoms with Gasteiger partial charge in [-0.2, -0.15) is 0 Å². The van der Waals surface area contributed by atoms with Crippen molar-refractivity contribution in [3.05, 3.63) is 64.5 Å². The fraction of sp³-hybridized carbons (Fsp3) is 0.278. The molecule has 1 saturated heterocycles. The largest absolute Gasteiger partial charge is 0.379 e. The summed E-state index contributed by atoms with van der Waals surface area (Å²) < 4.78 is 7.48. The van der Waals surface area contributed by atoms with E-state index >= 15 is 0 Å². The molecule has 0 atom stereocenters. The summed E-state index contributed by atoms with van der Waals surface area (Å²) in [5, 5.41) is 11.1. The molecule has 0 N–H and O–H groups in total. The van der Waals surface area contributed by atoms with Crippen molar-refractivity contribution in [2.24, 2.45) is 0 Å². The number of imidazole rings is 1. The molecule has 0 amide bonds. The van der Waals surface area contributed by atoms with Gasteiger partial charge in [-0.15, -0.1) is 0 Å². The van der Waals surface area contributed by atoms with Crippen LogP contribution in [0.2, 0.25) is 0 Å². The number of hydrogen-bond acceptors (Lipinski definition) is 5. The molecule has 1 fully saturated rings. The maximum Gasteiger partial charge on any atom is 0.270 e. The maximum atomic E-state index is 11.1. The number of benzene rings is 1. The second-order valence-electron chi connectivity index (χ2n) is 6.03. The molecule has 0 radical (unpaired) electrons. The maximum absolute atomic E-state index is 11.1. The second kappa shape index (κ2) is 6.62. The number of aromatic nitrogens is 2. The Hall–Kier alpha value is -2.77. The van der Waals surface area contributed by atoms with Crippen LogP contribution in [0.5, 0.6) is 0 Å². The minimum atomic E-state index is -0.374. The Labute approximate surface area is 144 Å². The zero-order valence-corrected chi connectivity index (χ0v) is 13.7. The van der Waals surface area contributed by atoms with Gasteiger partial charge >= 0.3 is 0 Å². The first kappa shape index (κ1) is 15.7. The summed E-state index contributed by atoms with van der Waals surface area (Å²) in [5.74, 6) is 0. The molecule has 3 aromatic rings. The molecule has 2 aromatic heterocycles. The molecule has 3 heterocycles. The van der Waals surface area contributed by atoms with E-state index in [2.05, 4.69) is 9.30 Å². The first-order valence-electron chi connectivity index (χ1n) is 8.23. The first-order chi connectivity index (χ1) is 12.2. The van der Waals surface area contributed by atoms with E-state index in [0.717, 1.165) is 55.4 Å². The standard InChI is InChI=1S/C18H18N4O3/c23-22(24)15-5-3-4-14(12-15)18-16(13-20-8-10-25-11-9-20)21-7-2-1-6-17(21)19-18/h1-7,12H,8-11,13H2. The minimum Gasteiger partial charge on any atom is -0.379 e. The Balaban J connectivity index is 1.81. The van der Waals surface area contributed by atoms with Gasteiger partial charge in [0.25, 0.3) is 5.69 Å². The van der Waals surface area contributed by atoms with E-state index in [0.29, 0.717) is 0 Å². The van der Waals surface area contributed by atoms with Crippen LogP contribution < -0.4 is 0 Å². The van der Waals surface area contributed by atoms with Crippen molar-refractivity contribution in [1.29, 1.82) is 0 Å². The van der Waals surface area contributed by atoms with Gasteiger partial charge < -0.3 is 9.14 Å². The van der Waals surface area contributed by atoms with Crippen molar-refractivity contribution in [2.75, 3.05) is 26.3 Å². The number of pyridine rings is 1. The number of nitrogens with zero attached hydrogens (tertiary/aromatic N) is 4. The van der Waals surface area contributed by atoms with Gasteiger partial charge in [-0.3, -0.25) is 15.0 Å². The van der Waals surface area contributed by atoms with Crippen LogP contribution in [0, 0.1) is 10.1 Å². The zero-order chi connectivity index (χ0) is 17.2. The lowest BCUT2D eigenvalue weighted by Gasteiger charge is -2.26. The smallest absolute Gasteiger partial charge is 0.270 e. The Kier molecular flexibility index (Phi) is 4.17. The molecule has 0 spiro atoms. The van der Waals surface area contributed by atoms with Gasteiger partial charge in [-0.25, -0.2) is 4.98 Å². The molecule has 128 valence electrons. The molecule has 7 heteroatoms. The third-order valence-electron chi connectivity index (χ3n) is 4.44. The molecule has 0 bridgehead atoms. The number of rotatable bonds is 4. The van der Waals surface area contributed by atoms with Gasteiger partial charge in [0.2, 0.25) is 0 Å². The zero-order valence-electron chi connectivity index (χ0n) is 13.7. The number of fused-ring (bicyclic) bond motifs is 1. The normalized spacial score (nSPS) is 15.5. The van der Waals surface area contributed by atoms with Crippen LogP contribution in [0.15, 0.2) is 48.7 Å². The van der Waals surface area contributed by atoms with Gasteiger partial charge in [-0.1, -0.05) is 18.2 Å². The van der Waals surface area contributed by atoms with Crippen LogP contribution in [0.25, 0.3) is 16.9 Å². The molecule has 1 aliphatic heterocycles. The Bertz CT molecular complexity index is 916. The van der Waals surface area contributed by atoms with Gasteiger partial charge in [0, 0.05) is 43.5 Å². The molecule has 0 saturated carbocycles.